The first-order valence-electron chi connectivity index (χ1n) is 5.30. The molecule has 0 bridgehead atoms. The van der Waals surface area contributed by atoms with E-state index in [0.717, 1.165) is 0 Å². The second-order valence-electron chi connectivity index (χ2n) is 4.47. The average Bonchev–Trinajstić information content (AvgIpc) is 2.68. The Kier molecular flexibility index (Phi) is 2.97. The smallest absolute Gasteiger partial charge is 0.275 e. The van der Waals surface area contributed by atoms with Gasteiger partial charge < -0.3 is 14.4 Å². The summed E-state index contributed by atoms with van der Waals surface area (Å²) in [6, 6.07) is 1.52. The van der Waals surface area contributed by atoms with Crippen LogP contribution in [0, 0.1) is 0 Å². The zero-order valence-corrected chi connectivity index (χ0v) is 10.1. The lowest BCUT2D eigenvalue weighted by Crippen LogP contribution is -2.44. The first kappa shape index (κ1) is 11.8. The zero-order chi connectivity index (χ0) is 12.5. The third kappa shape index (κ3) is 2.21. The standard InChI is InChI=1S/C11H15N3O3/c1-11(2)5-17-7-14(11)10(15)8-4-9(16-3)13-6-12-8/h4,6H,5,7H2,1-3H3. The predicted molar refractivity (Wildman–Crippen MR) is 59.7 cm³/mol. The predicted octanol–water partition coefficient (Wildman–Crippen LogP) is 0.694. The largest absolute Gasteiger partial charge is 0.481 e. The lowest BCUT2D eigenvalue weighted by Gasteiger charge is -2.28. The van der Waals surface area contributed by atoms with Crippen LogP contribution in [-0.4, -0.2) is 46.8 Å². The molecule has 2 rings (SSSR count). The van der Waals surface area contributed by atoms with E-state index in [1.54, 1.807) is 4.90 Å². The van der Waals surface area contributed by atoms with Gasteiger partial charge >= 0.3 is 0 Å². The van der Waals surface area contributed by atoms with Crippen LogP contribution in [0.1, 0.15) is 24.3 Å². The molecule has 0 aromatic carbocycles. The Morgan fingerprint density at radius 2 is 2.29 bits per heavy atom. The van der Waals surface area contributed by atoms with E-state index in [0.29, 0.717) is 18.2 Å². The lowest BCUT2D eigenvalue weighted by molar-refractivity contribution is 0.0598. The van der Waals surface area contributed by atoms with E-state index in [2.05, 4.69) is 9.97 Å². The van der Waals surface area contributed by atoms with Crippen molar-refractivity contribution in [2.45, 2.75) is 19.4 Å². The van der Waals surface area contributed by atoms with Gasteiger partial charge in [-0.3, -0.25) is 4.79 Å². The zero-order valence-electron chi connectivity index (χ0n) is 10.1. The number of rotatable bonds is 2. The summed E-state index contributed by atoms with van der Waals surface area (Å²) in [4.78, 5) is 21.7. The number of aromatic nitrogens is 2. The van der Waals surface area contributed by atoms with Gasteiger partial charge in [0.2, 0.25) is 5.88 Å². The maximum absolute atomic E-state index is 12.2. The van der Waals surface area contributed by atoms with Gasteiger partial charge in [-0.2, -0.15) is 0 Å². The van der Waals surface area contributed by atoms with Gasteiger partial charge in [-0.25, -0.2) is 9.97 Å². The maximum atomic E-state index is 12.2. The summed E-state index contributed by atoms with van der Waals surface area (Å²) in [6.45, 7) is 4.73. The van der Waals surface area contributed by atoms with Gasteiger partial charge in [-0.15, -0.1) is 0 Å². The van der Waals surface area contributed by atoms with Crippen LogP contribution in [0.25, 0.3) is 0 Å². The van der Waals surface area contributed by atoms with E-state index in [1.807, 2.05) is 13.8 Å². The number of hydrogen-bond donors (Lipinski definition) is 0. The molecule has 0 N–H and O–H groups in total. The van der Waals surface area contributed by atoms with Crippen molar-refractivity contribution in [3.8, 4) is 5.88 Å². The van der Waals surface area contributed by atoms with Gasteiger partial charge in [0.05, 0.1) is 19.3 Å². The SMILES string of the molecule is COc1cc(C(=O)N2COCC2(C)C)ncn1. The fourth-order valence-electron chi connectivity index (χ4n) is 1.68. The lowest BCUT2D eigenvalue weighted by atomic mass is 10.1. The van der Waals surface area contributed by atoms with Gasteiger partial charge in [0.15, 0.2) is 0 Å². The highest BCUT2D eigenvalue weighted by Gasteiger charge is 2.37. The molecule has 0 spiro atoms. The first-order valence-corrected chi connectivity index (χ1v) is 5.30. The van der Waals surface area contributed by atoms with Gasteiger partial charge in [-0.1, -0.05) is 0 Å². The van der Waals surface area contributed by atoms with Crippen molar-refractivity contribution in [3.63, 3.8) is 0 Å². The van der Waals surface area contributed by atoms with E-state index in [-0.39, 0.29) is 18.2 Å². The van der Waals surface area contributed by atoms with Crippen LogP contribution in [0.15, 0.2) is 12.4 Å². The molecular weight excluding hydrogens is 222 g/mol. The molecule has 0 saturated carbocycles. The molecule has 1 fully saturated rings. The Labute approximate surface area is 99.6 Å². The molecule has 6 heteroatoms. The summed E-state index contributed by atoms with van der Waals surface area (Å²) in [6.07, 6.45) is 1.32. The van der Waals surface area contributed by atoms with Crippen molar-refractivity contribution in [2.24, 2.45) is 0 Å². The summed E-state index contributed by atoms with van der Waals surface area (Å²) < 4.78 is 10.3. The van der Waals surface area contributed by atoms with E-state index in [4.69, 9.17) is 9.47 Å². The molecule has 2 heterocycles. The normalized spacial score (nSPS) is 18.2. The van der Waals surface area contributed by atoms with Crippen LogP contribution in [0.3, 0.4) is 0 Å². The third-order valence-corrected chi connectivity index (χ3v) is 2.72. The number of hydrogen-bond acceptors (Lipinski definition) is 5. The van der Waals surface area contributed by atoms with E-state index >= 15 is 0 Å². The summed E-state index contributed by atoms with van der Waals surface area (Å²) in [5, 5.41) is 0. The maximum Gasteiger partial charge on any atom is 0.275 e. The topological polar surface area (TPSA) is 64.5 Å². The number of amides is 1. The van der Waals surface area contributed by atoms with Crippen LogP contribution in [-0.2, 0) is 4.74 Å². The van der Waals surface area contributed by atoms with Crippen LogP contribution in [0.5, 0.6) is 5.88 Å². The van der Waals surface area contributed by atoms with Crippen molar-refractivity contribution in [3.05, 3.63) is 18.1 Å². The van der Waals surface area contributed by atoms with Crippen LogP contribution >= 0.6 is 0 Å². The molecule has 1 aliphatic rings. The van der Waals surface area contributed by atoms with Crippen molar-refractivity contribution in [1.82, 2.24) is 14.9 Å². The Bertz CT molecular complexity index is 434. The number of carbonyl (C=O) groups is 1. The van der Waals surface area contributed by atoms with Crippen molar-refractivity contribution < 1.29 is 14.3 Å². The minimum absolute atomic E-state index is 0.173. The number of methoxy groups -OCH3 is 1. The number of nitrogens with zero attached hydrogens (tertiary/aromatic N) is 3. The summed E-state index contributed by atoms with van der Waals surface area (Å²) in [5.41, 5.74) is 0.00496. The molecule has 6 nitrogen and oxygen atoms in total. The molecule has 1 aliphatic heterocycles. The molecule has 92 valence electrons. The van der Waals surface area contributed by atoms with Gasteiger partial charge in [0.1, 0.15) is 18.8 Å². The van der Waals surface area contributed by atoms with Crippen LogP contribution in [0.4, 0.5) is 0 Å². The highest BCUT2D eigenvalue weighted by Crippen LogP contribution is 2.23. The summed E-state index contributed by atoms with van der Waals surface area (Å²) >= 11 is 0. The van der Waals surface area contributed by atoms with E-state index < -0.39 is 0 Å². The molecule has 1 aromatic rings. The second-order valence-corrected chi connectivity index (χ2v) is 4.47. The highest BCUT2D eigenvalue weighted by atomic mass is 16.5. The van der Waals surface area contributed by atoms with Crippen molar-refractivity contribution in [2.75, 3.05) is 20.4 Å². The van der Waals surface area contributed by atoms with Crippen molar-refractivity contribution >= 4 is 5.91 Å². The van der Waals surface area contributed by atoms with E-state index in [1.165, 1.54) is 19.5 Å². The van der Waals surface area contributed by atoms with Crippen LogP contribution in [0.2, 0.25) is 0 Å². The van der Waals surface area contributed by atoms with Crippen LogP contribution < -0.4 is 4.74 Å². The average molecular weight is 237 g/mol. The summed E-state index contributed by atoms with van der Waals surface area (Å²) in [7, 11) is 1.50. The molecule has 0 radical (unpaired) electrons. The quantitative estimate of drug-likeness (QED) is 0.757. The Balaban J connectivity index is 2.25. The monoisotopic (exact) mass is 237 g/mol. The molecule has 0 aliphatic carbocycles. The molecular formula is C11H15N3O3. The Morgan fingerprint density at radius 3 is 2.88 bits per heavy atom. The highest BCUT2D eigenvalue weighted by molar-refractivity contribution is 5.93. The van der Waals surface area contributed by atoms with Crippen molar-refractivity contribution in [1.29, 1.82) is 0 Å². The van der Waals surface area contributed by atoms with Gasteiger partial charge in [0, 0.05) is 6.07 Å². The second kappa shape index (κ2) is 4.29. The van der Waals surface area contributed by atoms with Gasteiger partial charge in [0.25, 0.3) is 5.91 Å². The Morgan fingerprint density at radius 1 is 1.53 bits per heavy atom. The molecule has 17 heavy (non-hydrogen) atoms. The molecule has 1 amide bonds. The summed E-state index contributed by atoms with van der Waals surface area (Å²) in [5.74, 6) is 0.203. The van der Waals surface area contributed by atoms with E-state index in [9.17, 15) is 4.79 Å². The molecule has 1 aromatic heterocycles. The molecule has 1 saturated heterocycles. The number of ether oxygens (including phenoxy) is 2. The molecule has 0 unspecified atom stereocenters. The fraction of sp³-hybridized carbons (Fsp3) is 0.545. The first-order chi connectivity index (χ1) is 8.04. The van der Waals surface area contributed by atoms with Gasteiger partial charge in [-0.05, 0) is 13.8 Å². The fourth-order valence-corrected chi connectivity index (χ4v) is 1.68. The third-order valence-electron chi connectivity index (χ3n) is 2.72. The molecule has 0 atom stereocenters. The minimum Gasteiger partial charge on any atom is -0.481 e. The minimum atomic E-state index is -0.310. The number of carbonyl (C=O) groups excluding carboxylic acids is 1. The Hall–Kier alpha value is -1.69.